The van der Waals surface area contributed by atoms with E-state index in [4.69, 9.17) is 4.74 Å². The molecule has 1 aromatic heterocycles. The van der Waals surface area contributed by atoms with Crippen LogP contribution in [0.1, 0.15) is 24.8 Å². The van der Waals surface area contributed by atoms with Crippen molar-refractivity contribution in [3.05, 3.63) is 17.0 Å². The van der Waals surface area contributed by atoms with Crippen molar-refractivity contribution >= 4 is 21.4 Å². The molecule has 2 N–H and O–H groups in total. The van der Waals surface area contributed by atoms with Gasteiger partial charge in [-0.1, -0.05) is 0 Å². The molecule has 0 spiro atoms. The number of hydrogen-bond acceptors (Lipinski definition) is 5. The van der Waals surface area contributed by atoms with Crippen molar-refractivity contribution in [2.45, 2.75) is 42.2 Å². The lowest BCUT2D eigenvalue weighted by Crippen LogP contribution is -2.40. The second-order valence-corrected chi connectivity index (χ2v) is 7.59. The molecule has 0 radical (unpaired) electrons. The van der Waals surface area contributed by atoms with Gasteiger partial charge in [0, 0.05) is 19.7 Å². The van der Waals surface area contributed by atoms with E-state index >= 15 is 0 Å². The number of methoxy groups -OCH3 is 1. The SMILES string of the molecule is CNCc1csc(S(=O)(=O)NC2CCCC2OC)c1. The Morgan fingerprint density at radius 3 is 2.95 bits per heavy atom. The Morgan fingerprint density at radius 2 is 2.26 bits per heavy atom. The van der Waals surface area contributed by atoms with E-state index in [2.05, 4.69) is 10.0 Å². The molecule has 2 rings (SSSR count). The Labute approximate surface area is 118 Å². The molecule has 1 heterocycles. The average Bonchev–Trinajstić information content (AvgIpc) is 2.98. The molecular formula is C12H20N2O3S2. The highest BCUT2D eigenvalue weighted by Crippen LogP contribution is 2.25. The molecule has 19 heavy (non-hydrogen) atoms. The van der Waals surface area contributed by atoms with Gasteiger partial charge in [-0.15, -0.1) is 11.3 Å². The summed E-state index contributed by atoms with van der Waals surface area (Å²) in [6.07, 6.45) is 2.75. The standard InChI is InChI=1S/C12H20N2O3S2/c1-13-7-9-6-12(18-8-9)19(15,16)14-10-4-3-5-11(10)17-2/h6,8,10-11,13-14H,3-5,7H2,1-2H3. The molecule has 1 saturated carbocycles. The minimum atomic E-state index is -3.42. The Balaban J connectivity index is 2.08. The van der Waals surface area contributed by atoms with Crippen molar-refractivity contribution < 1.29 is 13.2 Å². The summed E-state index contributed by atoms with van der Waals surface area (Å²) in [5.74, 6) is 0. The molecule has 0 amide bonds. The van der Waals surface area contributed by atoms with Crippen molar-refractivity contribution in [2.75, 3.05) is 14.2 Å². The maximum atomic E-state index is 12.3. The molecule has 7 heteroatoms. The second-order valence-electron chi connectivity index (χ2n) is 4.74. The van der Waals surface area contributed by atoms with Gasteiger partial charge in [-0.25, -0.2) is 13.1 Å². The number of sulfonamides is 1. The molecule has 1 aliphatic carbocycles. The third-order valence-corrected chi connectivity index (χ3v) is 6.32. The van der Waals surface area contributed by atoms with E-state index in [-0.39, 0.29) is 12.1 Å². The van der Waals surface area contributed by atoms with Gasteiger partial charge >= 0.3 is 0 Å². The number of nitrogens with one attached hydrogen (secondary N) is 2. The summed E-state index contributed by atoms with van der Waals surface area (Å²) >= 11 is 1.26. The minimum Gasteiger partial charge on any atom is -0.380 e. The topological polar surface area (TPSA) is 67.4 Å². The van der Waals surface area contributed by atoms with E-state index in [1.807, 2.05) is 12.4 Å². The largest absolute Gasteiger partial charge is 0.380 e. The molecule has 0 saturated heterocycles. The monoisotopic (exact) mass is 304 g/mol. The molecule has 2 atom stereocenters. The smallest absolute Gasteiger partial charge is 0.250 e. The van der Waals surface area contributed by atoms with E-state index in [9.17, 15) is 8.42 Å². The molecule has 1 aromatic rings. The summed E-state index contributed by atoms with van der Waals surface area (Å²) in [6, 6.07) is 1.62. The number of thiophene rings is 1. The van der Waals surface area contributed by atoms with Gasteiger partial charge in [-0.3, -0.25) is 0 Å². The van der Waals surface area contributed by atoms with Crippen LogP contribution in [0, 0.1) is 0 Å². The first kappa shape index (κ1) is 14.9. The maximum absolute atomic E-state index is 12.3. The summed E-state index contributed by atoms with van der Waals surface area (Å²) in [4.78, 5) is 0. The van der Waals surface area contributed by atoms with Gasteiger partial charge in [0.2, 0.25) is 10.0 Å². The van der Waals surface area contributed by atoms with Gasteiger partial charge in [0.05, 0.1) is 6.10 Å². The fraction of sp³-hybridized carbons (Fsp3) is 0.667. The summed E-state index contributed by atoms with van der Waals surface area (Å²) < 4.78 is 33.0. The molecule has 2 unspecified atom stereocenters. The van der Waals surface area contributed by atoms with Crippen molar-refractivity contribution in [1.29, 1.82) is 0 Å². The van der Waals surface area contributed by atoms with Gasteiger partial charge in [-0.05, 0) is 43.3 Å². The number of ether oxygens (including phenoxy) is 1. The molecule has 1 fully saturated rings. The first-order valence-corrected chi connectivity index (χ1v) is 8.70. The molecule has 108 valence electrons. The highest BCUT2D eigenvalue weighted by atomic mass is 32.2. The van der Waals surface area contributed by atoms with Crippen LogP contribution in [0.5, 0.6) is 0 Å². The average molecular weight is 304 g/mol. The fourth-order valence-electron chi connectivity index (χ4n) is 2.39. The van der Waals surface area contributed by atoms with Crippen molar-refractivity contribution in [1.82, 2.24) is 10.0 Å². The Bertz CT molecular complexity index is 513. The van der Waals surface area contributed by atoms with Crippen LogP contribution in [0.3, 0.4) is 0 Å². The zero-order valence-electron chi connectivity index (χ0n) is 11.2. The third-order valence-electron chi connectivity index (χ3n) is 3.34. The summed E-state index contributed by atoms with van der Waals surface area (Å²) in [7, 11) is 0.0480. The van der Waals surface area contributed by atoms with E-state index in [1.165, 1.54) is 11.3 Å². The second kappa shape index (κ2) is 6.32. The predicted octanol–water partition coefficient (Wildman–Crippen LogP) is 1.31. The van der Waals surface area contributed by atoms with Crippen LogP contribution in [-0.2, 0) is 21.3 Å². The zero-order valence-corrected chi connectivity index (χ0v) is 12.8. The lowest BCUT2D eigenvalue weighted by atomic mass is 10.2. The van der Waals surface area contributed by atoms with Crippen LogP contribution in [0.25, 0.3) is 0 Å². The van der Waals surface area contributed by atoms with Gasteiger partial charge in [0.1, 0.15) is 4.21 Å². The third kappa shape index (κ3) is 3.55. The summed E-state index contributed by atoms with van der Waals surface area (Å²) in [6.45, 7) is 0.677. The molecular weight excluding hydrogens is 284 g/mol. The van der Waals surface area contributed by atoms with Crippen LogP contribution in [-0.4, -0.2) is 34.7 Å². The lowest BCUT2D eigenvalue weighted by Gasteiger charge is -2.18. The predicted molar refractivity (Wildman–Crippen MR) is 75.8 cm³/mol. The lowest BCUT2D eigenvalue weighted by molar-refractivity contribution is 0.0916. The van der Waals surface area contributed by atoms with Crippen LogP contribution in [0.15, 0.2) is 15.7 Å². The van der Waals surface area contributed by atoms with Gasteiger partial charge < -0.3 is 10.1 Å². The Hall–Kier alpha value is -0.470. The Morgan fingerprint density at radius 1 is 1.47 bits per heavy atom. The van der Waals surface area contributed by atoms with Gasteiger partial charge in [0.15, 0.2) is 0 Å². The zero-order chi connectivity index (χ0) is 13.9. The first-order chi connectivity index (χ1) is 9.06. The fourth-order valence-corrected chi connectivity index (χ4v) is 4.92. The van der Waals surface area contributed by atoms with Gasteiger partial charge in [0.25, 0.3) is 0 Å². The summed E-state index contributed by atoms with van der Waals surface area (Å²) in [5, 5.41) is 4.88. The quantitative estimate of drug-likeness (QED) is 0.831. The summed E-state index contributed by atoms with van der Waals surface area (Å²) in [5.41, 5.74) is 0.989. The highest BCUT2D eigenvalue weighted by Gasteiger charge is 2.31. The van der Waals surface area contributed by atoms with Crippen LogP contribution in [0.2, 0.25) is 0 Å². The number of rotatable bonds is 6. The van der Waals surface area contributed by atoms with Crippen molar-refractivity contribution in [2.24, 2.45) is 0 Å². The van der Waals surface area contributed by atoms with Gasteiger partial charge in [-0.2, -0.15) is 0 Å². The molecule has 1 aliphatic rings. The highest BCUT2D eigenvalue weighted by molar-refractivity contribution is 7.91. The number of hydrogen-bond donors (Lipinski definition) is 2. The molecule has 0 aromatic carbocycles. The van der Waals surface area contributed by atoms with E-state index in [0.717, 1.165) is 24.8 Å². The van der Waals surface area contributed by atoms with E-state index < -0.39 is 10.0 Å². The van der Waals surface area contributed by atoms with E-state index in [1.54, 1.807) is 13.2 Å². The van der Waals surface area contributed by atoms with Crippen LogP contribution in [0.4, 0.5) is 0 Å². The minimum absolute atomic E-state index is 0.00786. The maximum Gasteiger partial charge on any atom is 0.250 e. The van der Waals surface area contributed by atoms with Crippen molar-refractivity contribution in [3.8, 4) is 0 Å². The van der Waals surface area contributed by atoms with E-state index in [0.29, 0.717) is 10.8 Å². The van der Waals surface area contributed by atoms with Crippen LogP contribution >= 0.6 is 11.3 Å². The molecule has 0 bridgehead atoms. The molecule has 5 nitrogen and oxygen atoms in total. The Kier molecular flexibility index (Phi) is 4.97. The first-order valence-electron chi connectivity index (χ1n) is 6.34. The normalized spacial score (nSPS) is 23.9. The van der Waals surface area contributed by atoms with Crippen LogP contribution < -0.4 is 10.0 Å². The van der Waals surface area contributed by atoms with Crippen molar-refractivity contribution in [3.63, 3.8) is 0 Å². The molecule has 0 aliphatic heterocycles.